The first-order chi connectivity index (χ1) is 9.87. The van der Waals surface area contributed by atoms with Gasteiger partial charge >= 0.3 is 0 Å². The van der Waals surface area contributed by atoms with Crippen LogP contribution in [0.4, 0.5) is 5.69 Å². The maximum Gasteiger partial charge on any atom is 0.245 e. The van der Waals surface area contributed by atoms with Crippen LogP contribution < -0.4 is 11.1 Å². The molecule has 0 radical (unpaired) electrons. The van der Waals surface area contributed by atoms with Crippen molar-refractivity contribution in [1.82, 2.24) is 9.62 Å². The van der Waals surface area contributed by atoms with Crippen LogP contribution in [0.5, 0.6) is 0 Å². The highest BCUT2D eigenvalue weighted by Crippen LogP contribution is 2.28. The number of ether oxygens (including phenoxy) is 1. The molecule has 1 heterocycles. The fourth-order valence-electron chi connectivity index (χ4n) is 2.09. The first-order valence-corrected chi connectivity index (χ1v) is 8.06. The number of benzene rings is 1. The summed E-state index contributed by atoms with van der Waals surface area (Å²) >= 11 is 5.97. The first-order valence-electron chi connectivity index (χ1n) is 6.24. The second-order valence-electron chi connectivity index (χ2n) is 4.51. The van der Waals surface area contributed by atoms with Crippen molar-refractivity contribution in [1.29, 1.82) is 0 Å². The van der Waals surface area contributed by atoms with Gasteiger partial charge in [0.15, 0.2) is 0 Å². The van der Waals surface area contributed by atoms with Crippen LogP contribution in [0.1, 0.15) is 0 Å². The molecule has 1 fully saturated rings. The van der Waals surface area contributed by atoms with Gasteiger partial charge in [0.25, 0.3) is 0 Å². The maximum atomic E-state index is 12.7. The van der Waals surface area contributed by atoms with E-state index in [0.717, 1.165) is 4.31 Å². The average molecular weight is 334 g/mol. The van der Waals surface area contributed by atoms with Gasteiger partial charge in [-0.05, 0) is 18.2 Å². The molecule has 1 aromatic rings. The van der Waals surface area contributed by atoms with Crippen LogP contribution in [0.2, 0.25) is 5.02 Å². The summed E-state index contributed by atoms with van der Waals surface area (Å²) in [6.07, 6.45) is 0. The summed E-state index contributed by atoms with van der Waals surface area (Å²) in [6.45, 7) is 0.289. The Bertz CT molecular complexity index is 650. The Labute approximate surface area is 128 Å². The lowest BCUT2D eigenvalue weighted by atomic mass is 10.2. The predicted octanol–water partition coefficient (Wildman–Crippen LogP) is 0.0577. The van der Waals surface area contributed by atoms with E-state index in [1.807, 2.05) is 0 Å². The van der Waals surface area contributed by atoms with Gasteiger partial charge < -0.3 is 15.8 Å². The Morgan fingerprint density at radius 1 is 1.52 bits per heavy atom. The number of hydrogen-bond donors (Lipinski definition) is 2. The van der Waals surface area contributed by atoms with Gasteiger partial charge in [0.1, 0.15) is 10.9 Å². The van der Waals surface area contributed by atoms with E-state index in [0.29, 0.717) is 0 Å². The summed E-state index contributed by atoms with van der Waals surface area (Å²) in [6, 6.07) is 3.29. The fraction of sp³-hybridized carbons (Fsp3) is 0.417. The lowest BCUT2D eigenvalue weighted by Gasteiger charge is -2.33. The maximum absolute atomic E-state index is 12.7. The number of carbonyl (C=O) groups is 1. The van der Waals surface area contributed by atoms with Crippen molar-refractivity contribution in [3.8, 4) is 0 Å². The van der Waals surface area contributed by atoms with Crippen molar-refractivity contribution in [2.24, 2.45) is 0 Å². The minimum Gasteiger partial charge on any atom is -0.399 e. The molecule has 0 spiro atoms. The van der Waals surface area contributed by atoms with Crippen molar-refractivity contribution in [3.63, 3.8) is 0 Å². The number of sulfonamides is 1. The number of nitrogen functional groups attached to an aromatic ring is 1. The Kier molecular flexibility index (Phi) is 4.72. The molecule has 2 rings (SSSR count). The van der Waals surface area contributed by atoms with Gasteiger partial charge in [-0.1, -0.05) is 11.6 Å². The number of nitrogens with one attached hydrogen (secondary N) is 1. The molecule has 1 aliphatic heterocycles. The van der Waals surface area contributed by atoms with E-state index in [1.165, 1.54) is 25.2 Å². The lowest BCUT2D eigenvalue weighted by molar-refractivity contribution is -0.128. The molecule has 116 valence electrons. The third-order valence-corrected chi connectivity index (χ3v) is 5.56. The molecular formula is C12H16ClN3O4S. The molecule has 7 nitrogen and oxygen atoms in total. The zero-order chi connectivity index (χ0) is 15.6. The average Bonchev–Trinajstić information content (AvgIpc) is 2.48. The van der Waals surface area contributed by atoms with E-state index in [1.54, 1.807) is 0 Å². The molecule has 0 aliphatic carbocycles. The summed E-state index contributed by atoms with van der Waals surface area (Å²) in [5.74, 6) is -0.432. The van der Waals surface area contributed by atoms with Crippen molar-refractivity contribution >= 4 is 33.2 Å². The quantitative estimate of drug-likeness (QED) is 0.761. The van der Waals surface area contributed by atoms with E-state index < -0.39 is 22.0 Å². The highest BCUT2D eigenvalue weighted by Gasteiger charge is 2.38. The van der Waals surface area contributed by atoms with Crippen LogP contribution in [0, 0.1) is 0 Å². The second-order valence-corrected chi connectivity index (χ2v) is 6.78. The van der Waals surface area contributed by atoms with Crippen LogP contribution in [-0.4, -0.2) is 51.5 Å². The molecule has 0 aromatic heterocycles. The molecule has 1 atom stereocenters. The number of nitrogens with zero attached hydrogens (tertiary/aromatic N) is 1. The monoisotopic (exact) mass is 333 g/mol. The SMILES string of the molecule is CNC(=O)C1COCCN1S(=O)(=O)c1cc(N)ccc1Cl. The van der Waals surface area contributed by atoms with E-state index >= 15 is 0 Å². The number of likely N-dealkylation sites (N-methyl/N-ethyl adjacent to an activating group) is 1. The van der Waals surface area contributed by atoms with Gasteiger partial charge in [-0.3, -0.25) is 4.79 Å². The topological polar surface area (TPSA) is 102 Å². The zero-order valence-electron chi connectivity index (χ0n) is 11.4. The Morgan fingerprint density at radius 2 is 2.24 bits per heavy atom. The number of carbonyl (C=O) groups excluding carboxylic acids is 1. The van der Waals surface area contributed by atoms with E-state index in [9.17, 15) is 13.2 Å². The third-order valence-electron chi connectivity index (χ3n) is 3.17. The fourth-order valence-corrected chi connectivity index (χ4v) is 4.16. The standard InChI is InChI=1S/C12H16ClN3O4S/c1-15-12(17)10-7-20-5-4-16(10)21(18,19)11-6-8(14)2-3-9(11)13/h2-3,6,10H,4-5,7,14H2,1H3,(H,15,17). The summed E-state index contributed by atoms with van der Waals surface area (Å²) < 4.78 is 31.8. The molecule has 1 unspecified atom stereocenters. The predicted molar refractivity (Wildman–Crippen MR) is 78.4 cm³/mol. The molecule has 3 N–H and O–H groups in total. The molecule has 0 bridgehead atoms. The number of rotatable bonds is 3. The van der Waals surface area contributed by atoms with Crippen molar-refractivity contribution in [3.05, 3.63) is 23.2 Å². The number of morpholine rings is 1. The van der Waals surface area contributed by atoms with Crippen LogP contribution in [0.25, 0.3) is 0 Å². The summed E-state index contributed by atoms with van der Waals surface area (Å²) in [5, 5.41) is 2.49. The summed E-state index contributed by atoms with van der Waals surface area (Å²) in [7, 11) is -2.50. The number of halogens is 1. The van der Waals surface area contributed by atoms with Crippen LogP contribution in [0.15, 0.2) is 23.1 Å². The summed E-state index contributed by atoms with van der Waals surface area (Å²) in [4.78, 5) is 11.7. The van der Waals surface area contributed by atoms with Crippen molar-refractivity contribution in [2.75, 3.05) is 32.5 Å². The highest BCUT2D eigenvalue weighted by atomic mass is 35.5. The minimum absolute atomic E-state index is 0.00115. The molecule has 21 heavy (non-hydrogen) atoms. The molecule has 1 aromatic carbocycles. The van der Waals surface area contributed by atoms with Gasteiger partial charge in [-0.2, -0.15) is 4.31 Å². The zero-order valence-corrected chi connectivity index (χ0v) is 12.9. The summed E-state index contributed by atoms with van der Waals surface area (Å²) in [5.41, 5.74) is 5.91. The van der Waals surface area contributed by atoms with Crippen molar-refractivity contribution in [2.45, 2.75) is 10.9 Å². The van der Waals surface area contributed by atoms with Crippen molar-refractivity contribution < 1.29 is 17.9 Å². The van der Waals surface area contributed by atoms with E-state index in [4.69, 9.17) is 22.1 Å². The van der Waals surface area contributed by atoms with E-state index in [2.05, 4.69) is 5.32 Å². The van der Waals surface area contributed by atoms with Crippen LogP contribution >= 0.6 is 11.6 Å². The van der Waals surface area contributed by atoms with Gasteiger partial charge in [-0.25, -0.2) is 8.42 Å². The molecular weight excluding hydrogens is 318 g/mol. The number of anilines is 1. The Morgan fingerprint density at radius 3 is 2.90 bits per heavy atom. The van der Waals surface area contributed by atoms with Gasteiger partial charge in [-0.15, -0.1) is 0 Å². The molecule has 1 aliphatic rings. The van der Waals surface area contributed by atoms with Gasteiger partial charge in [0.05, 0.1) is 18.2 Å². The van der Waals surface area contributed by atoms with Crippen LogP contribution in [-0.2, 0) is 19.6 Å². The normalized spacial score (nSPS) is 20.2. The van der Waals surface area contributed by atoms with E-state index in [-0.39, 0.29) is 35.4 Å². The first kappa shape index (κ1) is 16.0. The van der Waals surface area contributed by atoms with Crippen LogP contribution in [0.3, 0.4) is 0 Å². The second kappa shape index (κ2) is 6.18. The molecule has 9 heteroatoms. The van der Waals surface area contributed by atoms with Gasteiger partial charge in [0, 0.05) is 19.3 Å². The third kappa shape index (κ3) is 3.13. The number of hydrogen-bond acceptors (Lipinski definition) is 5. The largest absolute Gasteiger partial charge is 0.399 e. The lowest BCUT2D eigenvalue weighted by Crippen LogP contribution is -2.55. The molecule has 1 saturated heterocycles. The molecule has 1 amide bonds. The minimum atomic E-state index is -3.94. The molecule has 0 saturated carbocycles. The number of nitrogens with two attached hydrogens (primary N) is 1. The van der Waals surface area contributed by atoms with Gasteiger partial charge in [0.2, 0.25) is 15.9 Å². The highest BCUT2D eigenvalue weighted by molar-refractivity contribution is 7.89. The Hall–Kier alpha value is -1.35. The Balaban J connectivity index is 2.45. The smallest absolute Gasteiger partial charge is 0.245 e. The number of amides is 1.